The average Bonchev–Trinajstić information content (AvgIpc) is 2.84. The molecular weight excluding hydrogens is 446 g/mol. The predicted molar refractivity (Wildman–Crippen MR) is 150 cm³/mol. The van der Waals surface area contributed by atoms with Gasteiger partial charge in [0.1, 0.15) is 12.3 Å². The number of rotatable bonds is 19. The summed E-state index contributed by atoms with van der Waals surface area (Å²) in [6.07, 6.45) is 12.5. The van der Waals surface area contributed by atoms with Crippen LogP contribution >= 0.6 is 0 Å². The fourth-order valence-corrected chi connectivity index (χ4v) is 4.53. The molecule has 2 aromatic rings. The number of hydrogen-bond acceptors (Lipinski definition) is 3. The second-order valence-electron chi connectivity index (χ2n) is 10.9. The standard InChI is InChI=1S/C32H50NO3/c1-5-6-7-8-9-10-12-16-29-20-22-31(23-21-29)36-28(2)24-26-35-32(34)19-15-25-33(3,4)27-30-17-13-11-14-18-30/h11,13-14,17-18,20-23,28H,5-10,12,15-16,19,24-27H2,1-4H3/q+1. The monoisotopic (exact) mass is 496 g/mol. The van der Waals surface area contributed by atoms with Crippen LogP contribution in [0.15, 0.2) is 54.6 Å². The molecule has 0 aliphatic carbocycles. The van der Waals surface area contributed by atoms with Gasteiger partial charge >= 0.3 is 5.97 Å². The van der Waals surface area contributed by atoms with Crippen LogP contribution < -0.4 is 4.74 Å². The largest absolute Gasteiger partial charge is 0.491 e. The summed E-state index contributed by atoms with van der Waals surface area (Å²) >= 11 is 0. The Hall–Kier alpha value is -2.33. The molecule has 0 heterocycles. The van der Waals surface area contributed by atoms with Gasteiger partial charge in [0.25, 0.3) is 0 Å². The molecule has 0 radical (unpaired) electrons. The lowest BCUT2D eigenvalue weighted by Gasteiger charge is -2.29. The van der Waals surface area contributed by atoms with E-state index in [-0.39, 0.29) is 12.1 Å². The van der Waals surface area contributed by atoms with Crippen molar-refractivity contribution in [2.45, 2.75) is 97.1 Å². The Morgan fingerprint density at radius 2 is 1.50 bits per heavy atom. The van der Waals surface area contributed by atoms with E-state index < -0.39 is 0 Å². The summed E-state index contributed by atoms with van der Waals surface area (Å²) in [6, 6.07) is 19.0. The lowest BCUT2D eigenvalue weighted by Crippen LogP contribution is -2.39. The summed E-state index contributed by atoms with van der Waals surface area (Å²) in [7, 11) is 4.42. The number of hydrogen-bond donors (Lipinski definition) is 0. The van der Waals surface area contributed by atoms with Crippen LogP contribution in [0.4, 0.5) is 0 Å². The highest BCUT2D eigenvalue weighted by molar-refractivity contribution is 5.69. The minimum Gasteiger partial charge on any atom is -0.491 e. The van der Waals surface area contributed by atoms with Crippen LogP contribution in [0.2, 0.25) is 0 Å². The van der Waals surface area contributed by atoms with Crippen molar-refractivity contribution in [2.75, 3.05) is 27.2 Å². The summed E-state index contributed by atoms with van der Waals surface area (Å²) in [5, 5.41) is 0. The smallest absolute Gasteiger partial charge is 0.306 e. The zero-order valence-corrected chi connectivity index (χ0v) is 23.3. The van der Waals surface area contributed by atoms with Crippen molar-refractivity contribution in [1.82, 2.24) is 0 Å². The number of esters is 1. The molecule has 0 N–H and O–H groups in total. The van der Waals surface area contributed by atoms with Crippen LogP contribution in [-0.2, 0) is 22.5 Å². The van der Waals surface area contributed by atoms with Crippen molar-refractivity contribution in [2.24, 2.45) is 0 Å². The molecule has 0 saturated heterocycles. The summed E-state index contributed by atoms with van der Waals surface area (Å²) in [5.41, 5.74) is 2.70. The highest BCUT2D eigenvalue weighted by Gasteiger charge is 2.17. The number of quaternary nitrogens is 1. The van der Waals surface area contributed by atoms with Gasteiger partial charge in [-0.05, 0) is 37.5 Å². The van der Waals surface area contributed by atoms with E-state index in [0.717, 1.165) is 36.2 Å². The first-order valence-electron chi connectivity index (χ1n) is 14.1. The van der Waals surface area contributed by atoms with Gasteiger partial charge in [-0.1, -0.05) is 87.9 Å². The molecule has 1 atom stereocenters. The predicted octanol–water partition coefficient (Wildman–Crippen LogP) is 7.74. The third-order valence-electron chi connectivity index (χ3n) is 6.71. The van der Waals surface area contributed by atoms with Gasteiger partial charge in [0.2, 0.25) is 0 Å². The van der Waals surface area contributed by atoms with Crippen LogP contribution in [0.5, 0.6) is 5.75 Å². The van der Waals surface area contributed by atoms with Crippen LogP contribution in [0.1, 0.15) is 89.2 Å². The fourth-order valence-electron chi connectivity index (χ4n) is 4.53. The number of carbonyl (C=O) groups is 1. The molecule has 2 rings (SSSR count). The maximum Gasteiger partial charge on any atom is 0.306 e. The minimum absolute atomic E-state index is 0.00763. The Balaban J connectivity index is 1.54. The van der Waals surface area contributed by atoms with Crippen LogP contribution in [0, 0.1) is 0 Å². The first kappa shape index (κ1) is 29.9. The van der Waals surface area contributed by atoms with Gasteiger partial charge in [0.05, 0.1) is 39.8 Å². The normalized spacial score (nSPS) is 12.3. The second-order valence-corrected chi connectivity index (χ2v) is 10.9. The molecular formula is C32H50NO3+. The third kappa shape index (κ3) is 13.7. The van der Waals surface area contributed by atoms with Crippen molar-refractivity contribution in [3.8, 4) is 5.75 Å². The van der Waals surface area contributed by atoms with Crippen LogP contribution in [-0.4, -0.2) is 43.8 Å². The van der Waals surface area contributed by atoms with Gasteiger partial charge < -0.3 is 14.0 Å². The summed E-state index contributed by atoms with van der Waals surface area (Å²) in [4.78, 5) is 12.2. The van der Waals surface area contributed by atoms with E-state index in [4.69, 9.17) is 9.47 Å². The van der Waals surface area contributed by atoms with E-state index >= 15 is 0 Å². The SMILES string of the molecule is CCCCCCCCCc1ccc(OC(C)CCOC(=O)CCC[N+](C)(C)Cc2ccccc2)cc1. The van der Waals surface area contributed by atoms with E-state index in [1.807, 2.05) is 13.0 Å². The molecule has 36 heavy (non-hydrogen) atoms. The van der Waals surface area contributed by atoms with Crippen LogP contribution in [0.25, 0.3) is 0 Å². The first-order chi connectivity index (χ1) is 17.4. The zero-order valence-electron chi connectivity index (χ0n) is 23.3. The van der Waals surface area contributed by atoms with Gasteiger partial charge in [-0.2, -0.15) is 0 Å². The molecule has 0 amide bonds. The maximum absolute atomic E-state index is 12.2. The van der Waals surface area contributed by atoms with Gasteiger partial charge in [0, 0.05) is 18.4 Å². The Labute approximate surface area is 220 Å². The molecule has 0 bridgehead atoms. The molecule has 0 spiro atoms. The summed E-state index contributed by atoms with van der Waals surface area (Å²) in [5.74, 6) is 0.771. The topological polar surface area (TPSA) is 35.5 Å². The summed E-state index contributed by atoms with van der Waals surface area (Å²) in [6.45, 7) is 6.60. The zero-order chi connectivity index (χ0) is 26.1. The molecule has 0 aliphatic rings. The quantitative estimate of drug-likeness (QED) is 0.113. The lowest BCUT2D eigenvalue weighted by molar-refractivity contribution is -0.903. The second kappa shape index (κ2) is 17.2. The molecule has 200 valence electrons. The van der Waals surface area contributed by atoms with Crippen molar-refractivity contribution in [3.63, 3.8) is 0 Å². The van der Waals surface area contributed by atoms with E-state index in [1.165, 1.54) is 56.1 Å². The molecule has 1 unspecified atom stereocenters. The maximum atomic E-state index is 12.2. The fraction of sp³-hybridized carbons (Fsp3) is 0.594. The Morgan fingerprint density at radius 1 is 0.833 bits per heavy atom. The van der Waals surface area contributed by atoms with E-state index in [2.05, 4.69) is 69.6 Å². The van der Waals surface area contributed by atoms with Crippen LogP contribution in [0.3, 0.4) is 0 Å². The van der Waals surface area contributed by atoms with Crippen molar-refractivity contribution >= 4 is 5.97 Å². The Bertz CT molecular complexity index is 832. The van der Waals surface area contributed by atoms with Crippen molar-refractivity contribution < 1.29 is 18.8 Å². The number of benzene rings is 2. The van der Waals surface area contributed by atoms with Gasteiger partial charge in [0.15, 0.2) is 0 Å². The highest BCUT2D eigenvalue weighted by atomic mass is 16.5. The van der Waals surface area contributed by atoms with Gasteiger partial charge in [-0.15, -0.1) is 0 Å². The highest BCUT2D eigenvalue weighted by Crippen LogP contribution is 2.17. The molecule has 2 aromatic carbocycles. The Morgan fingerprint density at radius 3 is 2.19 bits per heavy atom. The third-order valence-corrected chi connectivity index (χ3v) is 6.71. The van der Waals surface area contributed by atoms with Gasteiger partial charge in [-0.25, -0.2) is 0 Å². The van der Waals surface area contributed by atoms with Crippen molar-refractivity contribution in [1.29, 1.82) is 0 Å². The summed E-state index contributed by atoms with van der Waals surface area (Å²) < 4.78 is 12.3. The van der Waals surface area contributed by atoms with Crippen molar-refractivity contribution in [3.05, 3.63) is 65.7 Å². The number of unbranched alkanes of at least 4 members (excludes halogenated alkanes) is 6. The first-order valence-corrected chi connectivity index (χ1v) is 14.1. The lowest BCUT2D eigenvalue weighted by atomic mass is 10.0. The number of carbonyl (C=O) groups excluding carboxylic acids is 1. The van der Waals surface area contributed by atoms with E-state index in [9.17, 15) is 4.79 Å². The van der Waals surface area contributed by atoms with E-state index in [1.54, 1.807) is 0 Å². The van der Waals surface area contributed by atoms with Gasteiger partial charge in [-0.3, -0.25) is 4.79 Å². The molecule has 4 heteroatoms. The molecule has 4 nitrogen and oxygen atoms in total. The number of nitrogens with zero attached hydrogens (tertiary/aromatic N) is 1. The number of aryl methyl sites for hydroxylation is 1. The Kier molecular flexibility index (Phi) is 14.3. The van der Waals surface area contributed by atoms with E-state index in [0.29, 0.717) is 19.4 Å². The average molecular weight is 497 g/mol. The molecule has 0 fully saturated rings. The minimum atomic E-state index is -0.114. The molecule has 0 aliphatic heterocycles. The molecule has 0 saturated carbocycles. The number of ether oxygens (including phenoxy) is 2. The molecule has 0 aromatic heterocycles.